The van der Waals surface area contributed by atoms with Crippen molar-refractivity contribution in [2.45, 2.75) is 261 Å². The van der Waals surface area contributed by atoms with Crippen molar-refractivity contribution < 1.29 is 0 Å². The van der Waals surface area contributed by atoms with Crippen LogP contribution in [-0.2, 0) is 32.1 Å². The van der Waals surface area contributed by atoms with E-state index in [0.29, 0.717) is 11.8 Å². The summed E-state index contributed by atoms with van der Waals surface area (Å²) in [5, 5.41) is 14.3. The molecule has 0 heterocycles. The monoisotopic (exact) mass is 1330 g/mol. The minimum atomic E-state index is 0.703. The number of hydrogen-bond acceptors (Lipinski definition) is 0. The molecule has 0 heteroatoms. The highest BCUT2D eigenvalue weighted by Gasteiger charge is 2.18. The van der Waals surface area contributed by atoms with Crippen LogP contribution < -0.4 is 0 Å². The summed E-state index contributed by atoms with van der Waals surface area (Å²) in [5.41, 5.74) is 27.1. The van der Waals surface area contributed by atoms with Gasteiger partial charge in [0.25, 0.3) is 0 Å². The molecule has 0 nitrogen and oxygen atoms in total. The third-order valence-corrected chi connectivity index (χ3v) is 21.7. The fourth-order valence-corrected chi connectivity index (χ4v) is 15.5. The maximum atomic E-state index is 2.47. The molecular weight excluding hydrogens is 1200 g/mol. The summed E-state index contributed by atoms with van der Waals surface area (Å²) in [6, 6.07) is 61.4. The molecule has 3 unspecified atom stereocenters. The molecule has 0 saturated carbocycles. The Bertz CT molecular complexity index is 4220. The van der Waals surface area contributed by atoms with Gasteiger partial charge in [0.1, 0.15) is 0 Å². The van der Waals surface area contributed by atoms with E-state index in [9.17, 15) is 0 Å². The second kappa shape index (κ2) is 39.2. The number of aryl methyl sites for hydroxylation is 12. The van der Waals surface area contributed by atoms with Crippen LogP contribution in [0.4, 0.5) is 0 Å². The smallest absolute Gasteiger partial charge is 0.00761 e. The van der Waals surface area contributed by atoms with Crippen LogP contribution in [0.3, 0.4) is 0 Å². The summed E-state index contributed by atoms with van der Waals surface area (Å²) < 4.78 is 0. The quantitative estimate of drug-likeness (QED) is 0.0599. The topological polar surface area (TPSA) is 0 Å². The van der Waals surface area contributed by atoms with Crippen LogP contribution in [-0.4, -0.2) is 0 Å². The number of hydrogen-bond donors (Lipinski definition) is 0. The SMILES string of the molecule is CCCCC(CC)Cc1c(C)ccc2ccc(C)cc12.CCCCC(CC)Cc1cc(C)cc2c(CC(CC)CCCC)cc(C)cc12.Cc1cc(CC(C)C)c2cc(C)cc(CC(C)C)c2c1.Cc1ccc2c(-c3ccccc3)c(C)ccc2c1.Cc1ccc2c(C)c(C)ccc2c1C. The summed E-state index contributed by atoms with van der Waals surface area (Å²) >= 11 is 0. The zero-order chi connectivity index (χ0) is 72.7. The molecule has 0 N–H and O–H groups in total. The van der Waals surface area contributed by atoms with Gasteiger partial charge in [0, 0.05) is 0 Å². The van der Waals surface area contributed by atoms with E-state index in [-0.39, 0.29) is 0 Å². The minimum Gasteiger partial charge on any atom is -0.0654 e. The van der Waals surface area contributed by atoms with Gasteiger partial charge in [0.05, 0.1) is 0 Å². The molecule has 0 aliphatic heterocycles. The van der Waals surface area contributed by atoms with Crippen molar-refractivity contribution in [2.24, 2.45) is 29.6 Å². The maximum absolute atomic E-state index is 2.47. The van der Waals surface area contributed by atoms with Crippen molar-refractivity contribution in [3.63, 3.8) is 0 Å². The lowest BCUT2D eigenvalue weighted by atomic mass is 9.85. The van der Waals surface area contributed by atoms with E-state index in [1.807, 2.05) is 0 Å². The van der Waals surface area contributed by atoms with Crippen molar-refractivity contribution in [1.29, 1.82) is 0 Å². The summed E-state index contributed by atoms with van der Waals surface area (Å²) in [5.74, 6) is 3.88. The molecule has 100 heavy (non-hydrogen) atoms. The fraction of sp³-hybridized carbons (Fsp3) is 0.440. The normalized spacial score (nSPS) is 12.2. The lowest BCUT2D eigenvalue weighted by Crippen LogP contribution is -2.07. The first kappa shape index (κ1) is 80.0. The molecule has 11 aromatic rings. The molecule has 0 radical (unpaired) electrons. The first-order valence-electron chi connectivity index (χ1n) is 39.5. The highest BCUT2D eigenvalue weighted by atomic mass is 14.2. The van der Waals surface area contributed by atoms with Gasteiger partial charge in [0.15, 0.2) is 0 Å². The van der Waals surface area contributed by atoms with Gasteiger partial charge < -0.3 is 0 Å². The Hall–Kier alpha value is -7.28. The van der Waals surface area contributed by atoms with Crippen molar-refractivity contribution in [3.05, 3.63) is 258 Å². The minimum absolute atomic E-state index is 0.703. The van der Waals surface area contributed by atoms with Gasteiger partial charge in [0.2, 0.25) is 0 Å². The molecule has 0 bridgehead atoms. The Balaban J connectivity index is 0.000000178. The molecule has 0 aliphatic carbocycles. The molecule has 11 rings (SSSR count). The molecule has 0 amide bonds. The number of rotatable bonds is 23. The van der Waals surface area contributed by atoms with Crippen molar-refractivity contribution in [1.82, 2.24) is 0 Å². The molecule has 0 spiro atoms. The molecule has 0 aliphatic rings. The number of benzene rings is 11. The van der Waals surface area contributed by atoms with E-state index < -0.39 is 0 Å². The molecule has 532 valence electrons. The fourth-order valence-electron chi connectivity index (χ4n) is 15.5. The lowest BCUT2D eigenvalue weighted by Gasteiger charge is -2.20. The Labute approximate surface area is 610 Å². The largest absolute Gasteiger partial charge is 0.0654 e. The van der Waals surface area contributed by atoms with Crippen LogP contribution in [0.5, 0.6) is 0 Å². The molecule has 0 saturated heterocycles. The Morgan fingerprint density at radius 2 is 0.620 bits per heavy atom. The highest BCUT2D eigenvalue weighted by Crippen LogP contribution is 2.36. The van der Waals surface area contributed by atoms with Crippen LogP contribution in [0.2, 0.25) is 0 Å². The van der Waals surface area contributed by atoms with E-state index in [0.717, 1.165) is 17.8 Å². The molecular formula is C100H132. The van der Waals surface area contributed by atoms with Crippen molar-refractivity contribution >= 4 is 53.9 Å². The van der Waals surface area contributed by atoms with E-state index in [2.05, 4.69) is 316 Å². The molecule has 0 aromatic heterocycles. The van der Waals surface area contributed by atoms with Crippen LogP contribution in [0, 0.1) is 113 Å². The average molecular weight is 1330 g/mol. The van der Waals surface area contributed by atoms with Crippen LogP contribution in [0.25, 0.3) is 65.0 Å². The third-order valence-electron chi connectivity index (χ3n) is 21.7. The van der Waals surface area contributed by atoms with Crippen molar-refractivity contribution in [3.8, 4) is 11.1 Å². The number of fused-ring (bicyclic) bond motifs is 5. The molecule has 3 atom stereocenters. The van der Waals surface area contributed by atoms with Gasteiger partial charge in [-0.05, 0) is 271 Å². The Morgan fingerprint density at radius 3 is 1.04 bits per heavy atom. The highest BCUT2D eigenvalue weighted by molar-refractivity contribution is 5.99. The summed E-state index contributed by atoms with van der Waals surface area (Å²) in [4.78, 5) is 0. The Kier molecular flexibility index (Phi) is 31.4. The standard InChI is InChI=1S/C28H44.2C20H28.C18H16.C14H16/c1-7-11-13-23(9-3)19-25-15-21(5)18-28-26(16-22(6)17-27(25)28)20-24(10-4)14-12-8-2;1-13(2)7-17-9-15(5)12-20-18(8-14(3)4)10-16(6)11-19(17)20;1-5-7-8-17(6-2)14-19-16(4)10-12-18-11-9-15(3)13-20(18)19;1-13-8-11-17-16(12-13)10-9-14(2)18(17)15-6-4-3-5-7-15;1-9-5-7-14-12(4)10(2)6-8-13(14)11(9)3/h15-18,23-24H,7-14,19-20H2,1-6H3;9-14H,7-8H2,1-6H3;9-13,17H,5-8,14H2,1-4H3;3-12H,1-2H3;5-8H,1-4H3. The third kappa shape index (κ3) is 22.4. The predicted molar refractivity (Wildman–Crippen MR) is 450 cm³/mol. The van der Waals surface area contributed by atoms with Gasteiger partial charge in [-0.3, -0.25) is 0 Å². The average Bonchev–Trinajstić information content (AvgIpc) is 0.821. The van der Waals surface area contributed by atoms with Crippen molar-refractivity contribution in [2.75, 3.05) is 0 Å². The summed E-state index contributed by atoms with van der Waals surface area (Å²) in [6.07, 6.45) is 22.1. The predicted octanol–water partition coefficient (Wildman–Crippen LogP) is 30.2. The Morgan fingerprint density at radius 1 is 0.270 bits per heavy atom. The molecule has 11 aromatic carbocycles. The first-order valence-corrected chi connectivity index (χ1v) is 39.5. The van der Waals surface area contributed by atoms with Crippen LogP contribution in [0.15, 0.2) is 164 Å². The van der Waals surface area contributed by atoms with E-state index in [4.69, 9.17) is 0 Å². The lowest BCUT2D eigenvalue weighted by molar-refractivity contribution is 0.449. The molecule has 0 fully saturated rings. The van der Waals surface area contributed by atoms with E-state index in [1.54, 1.807) is 16.7 Å². The van der Waals surface area contributed by atoms with Crippen LogP contribution >= 0.6 is 0 Å². The zero-order valence-electron chi connectivity index (χ0n) is 67.0. The van der Waals surface area contributed by atoms with Gasteiger partial charge in [-0.25, -0.2) is 0 Å². The zero-order valence-corrected chi connectivity index (χ0v) is 67.0. The second-order valence-corrected chi connectivity index (χ2v) is 31.5. The van der Waals surface area contributed by atoms with Gasteiger partial charge in [-0.1, -0.05) is 343 Å². The van der Waals surface area contributed by atoms with Crippen LogP contribution in [0.1, 0.15) is 241 Å². The van der Waals surface area contributed by atoms with Gasteiger partial charge in [-0.15, -0.1) is 0 Å². The van der Waals surface area contributed by atoms with E-state index >= 15 is 0 Å². The van der Waals surface area contributed by atoms with Gasteiger partial charge >= 0.3 is 0 Å². The van der Waals surface area contributed by atoms with E-state index in [1.165, 1.54) is 252 Å². The number of unbranched alkanes of at least 4 members (excludes halogenated alkanes) is 3. The van der Waals surface area contributed by atoms with Gasteiger partial charge in [-0.2, -0.15) is 0 Å². The summed E-state index contributed by atoms with van der Waals surface area (Å²) in [6.45, 7) is 49.8. The summed E-state index contributed by atoms with van der Waals surface area (Å²) in [7, 11) is 0. The second-order valence-electron chi connectivity index (χ2n) is 31.5. The maximum Gasteiger partial charge on any atom is -0.00761 e. The first-order chi connectivity index (χ1) is 47.9.